The standard InChI is InChI=1S/C17H14N4/c1-12-8-16-17(9-13(12)2)21(20-19-16)15(11-18)10-14-6-4-3-5-7-14/h3-10H,1-2H3/b15-10+. The van der Waals surface area contributed by atoms with Crippen molar-refractivity contribution >= 4 is 22.8 Å². The summed E-state index contributed by atoms with van der Waals surface area (Å²) in [4.78, 5) is 0. The Kier molecular flexibility index (Phi) is 3.25. The lowest BCUT2D eigenvalue weighted by molar-refractivity contribution is 0.848. The van der Waals surface area contributed by atoms with Crippen molar-refractivity contribution in [3.05, 3.63) is 59.2 Å². The van der Waals surface area contributed by atoms with Gasteiger partial charge in [0.25, 0.3) is 0 Å². The van der Waals surface area contributed by atoms with Crippen molar-refractivity contribution in [1.82, 2.24) is 15.0 Å². The van der Waals surface area contributed by atoms with Crippen LogP contribution in [0.15, 0.2) is 42.5 Å². The number of rotatable bonds is 2. The first-order chi connectivity index (χ1) is 10.2. The van der Waals surface area contributed by atoms with Gasteiger partial charge in [-0.05, 0) is 48.7 Å². The quantitative estimate of drug-likeness (QED) is 0.671. The van der Waals surface area contributed by atoms with Crippen molar-refractivity contribution in [3.63, 3.8) is 0 Å². The minimum absolute atomic E-state index is 0.451. The average molecular weight is 274 g/mol. The summed E-state index contributed by atoms with van der Waals surface area (Å²) in [5.74, 6) is 0. The van der Waals surface area contributed by atoms with Crippen LogP contribution in [0.25, 0.3) is 22.8 Å². The van der Waals surface area contributed by atoms with Gasteiger partial charge in [-0.3, -0.25) is 0 Å². The van der Waals surface area contributed by atoms with Crippen LogP contribution in [-0.4, -0.2) is 15.0 Å². The molecule has 0 N–H and O–H groups in total. The molecule has 0 saturated carbocycles. The molecule has 0 radical (unpaired) electrons. The summed E-state index contributed by atoms with van der Waals surface area (Å²) in [7, 11) is 0. The number of hydrogen-bond acceptors (Lipinski definition) is 3. The Hall–Kier alpha value is -2.93. The molecule has 0 aliphatic carbocycles. The van der Waals surface area contributed by atoms with Crippen molar-refractivity contribution in [1.29, 1.82) is 5.26 Å². The number of aromatic nitrogens is 3. The van der Waals surface area contributed by atoms with E-state index in [4.69, 9.17) is 0 Å². The van der Waals surface area contributed by atoms with E-state index in [1.165, 1.54) is 5.56 Å². The summed E-state index contributed by atoms with van der Waals surface area (Å²) in [6.07, 6.45) is 1.81. The third-order valence-corrected chi connectivity index (χ3v) is 3.51. The molecule has 0 fully saturated rings. The minimum Gasteiger partial charge on any atom is -0.202 e. The van der Waals surface area contributed by atoms with E-state index in [1.54, 1.807) is 4.68 Å². The lowest BCUT2D eigenvalue weighted by Gasteiger charge is -2.03. The van der Waals surface area contributed by atoms with Crippen LogP contribution >= 0.6 is 0 Å². The lowest BCUT2D eigenvalue weighted by Crippen LogP contribution is -1.98. The third kappa shape index (κ3) is 2.41. The molecule has 1 aromatic heterocycles. The second kappa shape index (κ2) is 5.22. The van der Waals surface area contributed by atoms with Gasteiger partial charge in [-0.2, -0.15) is 5.26 Å². The van der Waals surface area contributed by atoms with Gasteiger partial charge in [0.1, 0.15) is 17.3 Å². The Morgan fingerprint density at radius 2 is 1.86 bits per heavy atom. The number of fused-ring (bicyclic) bond motifs is 1. The zero-order valence-electron chi connectivity index (χ0n) is 11.9. The summed E-state index contributed by atoms with van der Waals surface area (Å²) < 4.78 is 1.59. The Morgan fingerprint density at radius 3 is 2.57 bits per heavy atom. The van der Waals surface area contributed by atoms with Gasteiger partial charge in [0.05, 0.1) is 5.52 Å². The second-order valence-corrected chi connectivity index (χ2v) is 4.98. The summed E-state index contributed by atoms with van der Waals surface area (Å²) >= 11 is 0. The van der Waals surface area contributed by atoms with Gasteiger partial charge in [0, 0.05) is 0 Å². The predicted octanol–water partition coefficient (Wildman–Crippen LogP) is 3.57. The van der Waals surface area contributed by atoms with Crippen molar-refractivity contribution in [3.8, 4) is 6.07 Å². The second-order valence-electron chi connectivity index (χ2n) is 4.98. The zero-order valence-corrected chi connectivity index (χ0v) is 11.9. The Balaban J connectivity index is 2.17. The molecule has 4 heteroatoms. The van der Waals surface area contributed by atoms with Gasteiger partial charge in [-0.1, -0.05) is 35.5 Å². The van der Waals surface area contributed by atoms with Gasteiger partial charge in [-0.15, -0.1) is 5.10 Å². The van der Waals surface area contributed by atoms with Crippen LogP contribution in [0, 0.1) is 25.2 Å². The van der Waals surface area contributed by atoms with Gasteiger partial charge < -0.3 is 0 Å². The van der Waals surface area contributed by atoms with Crippen LogP contribution in [0.3, 0.4) is 0 Å². The van der Waals surface area contributed by atoms with E-state index >= 15 is 0 Å². The normalized spacial score (nSPS) is 11.6. The molecule has 0 amide bonds. The van der Waals surface area contributed by atoms with Crippen LogP contribution in [0.5, 0.6) is 0 Å². The SMILES string of the molecule is Cc1cc2nnn(/C(C#N)=C/c3ccccc3)c2cc1C. The van der Waals surface area contributed by atoms with Crippen LogP contribution in [0.2, 0.25) is 0 Å². The van der Waals surface area contributed by atoms with Crippen LogP contribution in [0.1, 0.15) is 16.7 Å². The maximum absolute atomic E-state index is 9.44. The van der Waals surface area contributed by atoms with Crippen molar-refractivity contribution in [2.45, 2.75) is 13.8 Å². The molecule has 0 aliphatic rings. The molecule has 3 rings (SSSR count). The first-order valence-electron chi connectivity index (χ1n) is 6.69. The van der Waals surface area contributed by atoms with E-state index in [1.807, 2.05) is 62.4 Å². The van der Waals surface area contributed by atoms with E-state index in [0.29, 0.717) is 5.70 Å². The summed E-state index contributed by atoms with van der Waals surface area (Å²) in [5.41, 5.74) is 5.38. The minimum atomic E-state index is 0.451. The highest BCUT2D eigenvalue weighted by Crippen LogP contribution is 2.20. The largest absolute Gasteiger partial charge is 0.202 e. The fourth-order valence-electron chi connectivity index (χ4n) is 2.20. The molecule has 0 atom stereocenters. The molecule has 1 heterocycles. The Morgan fingerprint density at radius 1 is 1.14 bits per heavy atom. The van der Waals surface area contributed by atoms with Crippen LogP contribution in [0.4, 0.5) is 0 Å². The number of nitriles is 1. The molecule has 0 aliphatic heterocycles. The van der Waals surface area contributed by atoms with E-state index in [-0.39, 0.29) is 0 Å². The summed E-state index contributed by atoms with van der Waals surface area (Å²) in [6.45, 7) is 4.08. The molecule has 3 aromatic rings. The van der Waals surface area contributed by atoms with Crippen LogP contribution in [-0.2, 0) is 0 Å². The zero-order chi connectivity index (χ0) is 14.8. The predicted molar refractivity (Wildman–Crippen MR) is 83.2 cm³/mol. The molecule has 0 bridgehead atoms. The van der Waals surface area contributed by atoms with E-state index in [0.717, 1.165) is 22.2 Å². The Labute approximate surface area is 122 Å². The molecule has 2 aromatic carbocycles. The van der Waals surface area contributed by atoms with Crippen molar-refractivity contribution in [2.75, 3.05) is 0 Å². The highest BCUT2D eigenvalue weighted by molar-refractivity contribution is 5.86. The molecule has 0 saturated heterocycles. The van der Waals surface area contributed by atoms with Gasteiger partial charge in [0.2, 0.25) is 0 Å². The first-order valence-corrected chi connectivity index (χ1v) is 6.69. The number of allylic oxidation sites excluding steroid dienone is 1. The Bertz CT molecular complexity index is 867. The third-order valence-electron chi connectivity index (χ3n) is 3.51. The number of nitrogens with zero attached hydrogens (tertiary/aromatic N) is 4. The highest BCUT2D eigenvalue weighted by atomic mass is 15.4. The average Bonchev–Trinajstić information content (AvgIpc) is 2.89. The number of hydrogen-bond donors (Lipinski definition) is 0. The van der Waals surface area contributed by atoms with Gasteiger partial charge >= 0.3 is 0 Å². The topological polar surface area (TPSA) is 54.5 Å². The molecule has 21 heavy (non-hydrogen) atoms. The summed E-state index contributed by atoms with van der Waals surface area (Å²) in [5, 5.41) is 17.7. The molecule has 102 valence electrons. The fraction of sp³-hybridized carbons (Fsp3) is 0.118. The molecule has 4 nitrogen and oxygen atoms in total. The van der Waals surface area contributed by atoms with Crippen LogP contribution < -0.4 is 0 Å². The van der Waals surface area contributed by atoms with Gasteiger partial charge in [-0.25, -0.2) is 4.68 Å². The van der Waals surface area contributed by atoms with Gasteiger partial charge in [0.15, 0.2) is 0 Å². The smallest absolute Gasteiger partial charge is 0.145 e. The lowest BCUT2D eigenvalue weighted by atomic mass is 10.1. The molecular weight excluding hydrogens is 260 g/mol. The molecular formula is C17H14N4. The molecule has 0 unspecified atom stereocenters. The first kappa shape index (κ1) is 13.1. The molecule has 0 spiro atoms. The van der Waals surface area contributed by atoms with Crippen molar-refractivity contribution in [2.24, 2.45) is 0 Å². The van der Waals surface area contributed by atoms with E-state index in [2.05, 4.69) is 16.4 Å². The van der Waals surface area contributed by atoms with E-state index in [9.17, 15) is 5.26 Å². The fourth-order valence-corrected chi connectivity index (χ4v) is 2.20. The highest BCUT2D eigenvalue weighted by Gasteiger charge is 2.10. The van der Waals surface area contributed by atoms with E-state index < -0.39 is 0 Å². The number of benzene rings is 2. The number of aryl methyl sites for hydroxylation is 2. The maximum atomic E-state index is 9.44. The maximum Gasteiger partial charge on any atom is 0.145 e. The summed E-state index contributed by atoms with van der Waals surface area (Å²) in [6, 6.07) is 15.9. The van der Waals surface area contributed by atoms with Crippen molar-refractivity contribution < 1.29 is 0 Å². The monoisotopic (exact) mass is 274 g/mol.